The number of hydrogen-bond acceptors (Lipinski definition) is 7. The van der Waals surface area contributed by atoms with Crippen LogP contribution in [0.1, 0.15) is 29.6 Å². The van der Waals surface area contributed by atoms with Crippen molar-refractivity contribution in [3.05, 3.63) is 11.6 Å². The average Bonchev–Trinajstić information content (AvgIpc) is 2.98. The monoisotopic (exact) mass is 389 g/mol. The van der Waals surface area contributed by atoms with Crippen molar-refractivity contribution in [1.82, 2.24) is 4.31 Å². The van der Waals surface area contributed by atoms with Gasteiger partial charge in [0.2, 0.25) is 0 Å². The largest absolute Gasteiger partial charge is 0.380 e. The zero-order valence-corrected chi connectivity index (χ0v) is 15.0. The summed E-state index contributed by atoms with van der Waals surface area (Å²) in [6.45, 7) is 1.02. The van der Waals surface area contributed by atoms with Gasteiger partial charge in [-0.1, -0.05) is 0 Å². The minimum Gasteiger partial charge on any atom is -0.380 e. The highest BCUT2D eigenvalue weighted by atomic mass is 32.2. The van der Waals surface area contributed by atoms with E-state index in [1.807, 2.05) is 0 Å². The number of primary amides is 1. The molecule has 3 rings (SSSR count). The smallest absolute Gasteiger partial charge is 0.256 e. The predicted octanol–water partition coefficient (Wildman–Crippen LogP) is -0.279. The first-order valence-electron chi connectivity index (χ1n) is 7.79. The number of carbonyl (C=O) groups is 2. The zero-order chi connectivity index (χ0) is 18.2. The minimum atomic E-state index is -3.81. The third-order valence-corrected chi connectivity index (χ3v) is 7.77. The SMILES string of the molecule is NC(=O)c1cc(S(=O)(=O)N2CCOCC2)sc1NC(=O)C1(O)CCC1. The molecule has 0 bridgehead atoms. The molecule has 1 aliphatic heterocycles. The van der Waals surface area contributed by atoms with Gasteiger partial charge in [0.05, 0.1) is 18.8 Å². The van der Waals surface area contributed by atoms with Gasteiger partial charge in [-0.15, -0.1) is 11.3 Å². The van der Waals surface area contributed by atoms with Crippen LogP contribution in [0.25, 0.3) is 0 Å². The molecule has 1 aromatic rings. The average molecular weight is 389 g/mol. The summed E-state index contributed by atoms with van der Waals surface area (Å²) in [6.07, 6.45) is 1.39. The summed E-state index contributed by atoms with van der Waals surface area (Å²) in [7, 11) is -3.81. The van der Waals surface area contributed by atoms with Crippen molar-refractivity contribution in [2.24, 2.45) is 5.73 Å². The number of nitrogens with zero attached hydrogens (tertiary/aromatic N) is 1. The highest BCUT2D eigenvalue weighted by Gasteiger charge is 2.42. The number of anilines is 1. The van der Waals surface area contributed by atoms with E-state index in [4.69, 9.17) is 10.5 Å². The molecule has 0 radical (unpaired) electrons. The molecule has 1 aromatic heterocycles. The van der Waals surface area contributed by atoms with Crippen LogP contribution in [0.5, 0.6) is 0 Å². The van der Waals surface area contributed by atoms with Crippen LogP contribution in [-0.2, 0) is 19.6 Å². The van der Waals surface area contributed by atoms with Crippen molar-refractivity contribution in [3.63, 3.8) is 0 Å². The summed E-state index contributed by atoms with van der Waals surface area (Å²) in [5.74, 6) is -1.51. The van der Waals surface area contributed by atoms with E-state index in [0.29, 0.717) is 26.1 Å². The fourth-order valence-electron chi connectivity index (χ4n) is 2.64. The van der Waals surface area contributed by atoms with E-state index in [-0.39, 0.29) is 27.9 Å². The number of sulfonamides is 1. The number of hydrogen-bond donors (Lipinski definition) is 3. The summed E-state index contributed by atoms with van der Waals surface area (Å²) >= 11 is 0.753. The molecule has 0 aromatic carbocycles. The van der Waals surface area contributed by atoms with Crippen LogP contribution in [0.4, 0.5) is 5.00 Å². The lowest BCUT2D eigenvalue weighted by molar-refractivity contribution is -0.142. The summed E-state index contributed by atoms with van der Waals surface area (Å²) in [4.78, 5) is 23.8. The highest BCUT2D eigenvalue weighted by molar-refractivity contribution is 7.91. The Balaban J connectivity index is 1.89. The third kappa shape index (κ3) is 3.42. The topological polar surface area (TPSA) is 139 Å². The second-order valence-electron chi connectivity index (χ2n) is 6.03. The van der Waals surface area contributed by atoms with E-state index in [9.17, 15) is 23.1 Å². The quantitative estimate of drug-likeness (QED) is 0.633. The normalized spacial score (nSPS) is 20.7. The molecular formula is C14H19N3O6S2. The molecule has 25 heavy (non-hydrogen) atoms. The highest BCUT2D eigenvalue weighted by Crippen LogP contribution is 2.37. The fourth-order valence-corrected chi connectivity index (χ4v) is 5.57. The number of amides is 2. The van der Waals surface area contributed by atoms with Gasteiger partial charge in [0.15, 0.2) is 0 Å². The summed E-state index contributed by atoms with van der Waals surface area (Å²) in [5.41, 5.74) is 3.75. The number of nitrogens with two attached hydrogens (primary N) is 1. The van der Waals surface area contributed by atoms with Gasteiger partial charge in [0.1, 0.15) is 14.8 Å². The van der Waals surface area contributed by atoms with Crippen molar-refractivity contribution in [2.45, 2.75) is 29.1 Å². The van der Waals surface area contributed by atoms with Crippen LogP contribution in [0.3, 0.4) is 0 Å². The number of ether oxygens (including phenoxy) is 1. The van der Waals surface area contributed by atoms with Crippen LogP contribution in [-0.4, -0.2) is 61.5 Å². The Morgan fingerprint density at radius 2 is 1.96 bits per heavy atom. The Morgan fingerprint density at radius 3 is 2.48 bits per heavy atom. The van der Waals surface area contributed by atoms with Gasteiger partial charge in [-0.25, -0.2) is 8.42 Å². The van der Waals surface area contributed by atoms with E-state index in [0.717, 1.165) is 23.8 Å². The molecule has 9 nitrogen and oxygen atoms in total. The van der Waals surface area contributed by atoms with E-state index in [1.165, 1.54) is 4.31 Å². The van der Waals surface area contributed by atoms with Crippen LogP contribution in [0.2, 0.25) is 0 Å². The van der Waals surface area contributed by atoms with Crippen LogP contribution >= 0.6 is 11.3 Å². The van der Waals surface area contributed by atoms with Gasteiger partial charge in [0, 0.05) is 13.1 Å². The van der Waals surface area contributed by atoms with Gasteiger partial charge >= 0.3 is 0 Å². The number of nitrogens with one attached hydrogen (secondary N) is 1. The summed E-state index contributed by atoms with van der Waals surface area (Å²) in [5, 5.41) is 12.6. The molecule has 0 spiro atoms. The van der Waals surface area contributed by atoms with Gasteiger partial charge in [-0.3, -0.25) is 9.59 Å². The van der Waals surface area contributed by atoms with Gasteiger partial charge in [-0.05, 0) is 25.3 Å². The van der Waals surface area contributed by atoms with Crippen LogP contribution < -0.4 is 11.1 Å². The lowest BCUT2D eigenvalue weighted by atomic mass is 9.79. The standard InChI is InChI=1S/C14H19N3O6S2/c15-11(18)9-8-10(25(21,22)17-4-6-23-7-5-17)24-12(9)16-13(19)14(20)2-1-3-14/h8,20H,1-7H2,(H2,15,18)(H,16,19). The van der Waals surface area contributed by atoms with Crippen LogP contribution in [0.15, 0.2) is 10.3 Å². The number of aliphatic hydroxyl groups is 1. The first kappa shape index (κ1) is 18.3. The van der Waals surface area contributed by atoms with Crippen molar-refractivity contribution < 1.29 is 27.9 Å². The van der Waals surface area contributed by atoms with E-state index in [1.54, 1.807) is 0 Å². The van der Waals surface area contributed by atoms with Crippen LogP contribution in [0, 0.1) is 0 Å². The number of thiophene rings is 1. The second-order valence-corrected chi connectivity index (χ2v) is 9.25. The molecule has 138 valence electrons. The molecule has 2 aliphatic rings. The Kier molecular flexibility index (Phi) is 4.86. The Morgan fingerprint density at radius 1 is 1.32 bits per heavy atom. The molecule has 4 N–H and O–H groups in total. The summed E-state index contributed by atoms with van der Waals surface area (Å²) < 4.78 is 31.7. The molecule has 1 aliphatic carbocycles. The molecule has 11 heteroatoms. The van der Waals surface area contributed by atoms with E-state index in [2.05, 4.69) is 5.32 Å². The molecular weight excluding hydrogens is 370 g/mol. The Bertz CT molecular complexity index is 793. The van der Waals surface area contributed by atoms with Gasteiger partial charge in [0.25, 0.3) is 21.8 Å². The van der Waals surface area contributed by atoms with E-state index >= 15 is 0 Å². The maximum atomic E-state index is 12.7. The maximum Gasteiger partial charge on any atom is 0.256 e. The molecule has 2 amide bonds. The number of rotatable bonds is 5. The lowest BCUT2D eigenvalue weighted by Gasteiger charge is -2.34. The van der Waals surface area contributed by atoms with Crippen molar-refractivity contribution in [2.75, 3.05) is 31.6 Å². The Labute approximate surface area is 148 Å². The first-order valence-corrected chi connectivity index (χ1v) is 10.0. The second kappa shape index (κ2) is 6.65. The molecule has 1 saturated carbocycles. The number of morpholine rings is 1. The third-order valence-electron chi connectivity index (χ3n) is 4.37. The molecule has 2 fully saturated rings. The van der Waals surface area contributed by atoms with Crippen molar-refractivity contribution in [1.29, 1.82) is 0 Å². The molecule has 0 atom stereocenters. The van der Waals surface area contributed by atoms with Crippen molar-refractivity contribution >= 4 is 38.2 Å². The number of carbonyl (C=O) groups excluding carboxylic acids is 2. The molecule has 1 saturated heterocycles. The van der Waals surface area contributed by atoms with E-state index < -0.39 is 27.4 Å². The zero-order valence-electron chi connectivity index (χ0n) is 13.4. The molecule has 0 unspecified atom stereocenters. The predicted molar refractivity (Wildman–Crippen MR) is 89.8 cm³/mol. The maximum absolute atomic E-state index is 12.7. The first-order chi connectivity index (χ1) is 11.7. The van der Waals surface area contributed by atoms with Gasteiger partial charge in [-0.2, -0.15) is 4.31 Å². The summed E-state index contributed by atoms with van der Waals surface area (Å²) in [6, 6.07) is 1.16. The Hall–Kier alpha value is -1.53. The van der Waals surface area contributed by atoms with Gasteiger partial charge < -0.3 is 20.9 Å². The lowest BCUT2D eigenvalue weighted by Crippen LogP contribution is -2.48. The minimum absolute atomic E-state index is 0.0321. The fraction of sp³-hybridized carbons (Fsp3) is 0.571. The molecule has 2 heterocycles. The van der Waals surface area contributed by atoms with Crippen molar-refractivity contribution in [3.8, 4) is 0 Å².